The van der Waals surface area contributed by atoms with E-state index in [0.717, 1.165) is 31.5 Å². The molecule has 0 bridgehead atoms. The molecule has 1 fully saturated rings. The summed E-state index contributed by atoms with van der Waals surface area (Å²) in [6.45, 7) is 3.66. The van der Waals surface area contributed by atoms with Crippen molar-refractivity contribution in [2.75, 3.05) is 13.1 Å². The van der Waals surface area contributed by atoms with Gasteiger partial charge >= 0.3 is 0 Å². The summed E-state index contributed by atoms with van der Waals surface area (Å²) in [5.74, 6) is 0.107. The van der Waals surface area contributed by atoms with Crippen LogP contribution >= 0.6 is 0 Å². The molecule has 1 heterocycles. The number of nitrogens with one attached hydrogen (secondary N) is 2. The number of hydrogen-bond donors (Lipinski definition) is 2. The van der Waals surface area contributed by atoms with Gasteiger partial charge in [-0.2, -0.15) is 0 Å². The summed E-state index contributed by atoms with van der Waals surface area (Å²) in [6.07, 6.45) is 6.20. The molecule has 2 aliphatic rings. The Morgan fingerprint density at radius 3 is 2.57 bits per heavy atom. The average molecular weight is 192 g/mol. The molecular formula is C11H16N2O. The van der Waals surface area contributed by atoms with E-state index >= 15 is 0 Å². The highest BCUT2D eigenvalue weighted by Gasteiger charge is 2.18. The molecule has 1 aliphatic carbocycles. The minimum absolute atomic E-state index is 0.107. The van der Waals surface area contributed by atoms with Gasteiger partial charge < -0.3 is 10.6 Å². The number of amides is 1. The van der Waals surface area contributed by atoms with E-state index in [-0.39, 0.29) is 5.91 Å². The second-order valence-corrected chi connectivity index (χ2v) is 3.95. The van der Waals surface area contributed by atoms with Gasteiger partial charge in [0.05, 0.1) is 0 Å². The molecule has 0 aromatic carbocycles. The molecule has 14 heavy (non-hydrogen) atoms. The molecular weight excluding hydrogens is 176 g/mol. The zero-order valence-corrected chi connectivity index (χ0v) is 8.47. The Labute approximate surface area is 84.3 Å². The fourth-order valence-electron chi connectivity index (χ4n) is 1.70. The molecule has 0 radical (unpaired) electrons. The second kappa shape index (κ2) is 3.96. The van der Waals surface area contributed by atoms with E-state index in [1.54, 1.807) is 0 Å². The van der Waals surface area contributed by atoms with Gasteiger partial charge in [0, 0.05) is 24.7 Å². The van der Waals surface area contributed by atoms with Crippen LogP contribution in [0.3, 0.4) is 0 Å². The van der Waals surface area contributed by atoms with Crippen molar-refractivity contribution in [2.45, 2.75) is 25.8 Å². The van der Waals surface area contributed by atoms with E-state index in [9.17, 15) is 4.79 Å². The molecule has 3 nitrogen and oxygen atoms in total. The van der Waals surface area contributed by atoms with E-state index in [1.807, 2.05) is 6.92 Å². The smallest absolute Gasteiger partial charge is 0.247 e. The van der Waals surface area contributed by atoms with Crippen LogP contribution in [-0.2, 0) is 4.79 Å². The van der Waals surface area contributed by atoms with Crippen molar-refractivity contribution in [3.05, 3.63) is 23.3 Å². The van der Waals surface area contributed by atoms with E-state index < -0.39 is 0 Å². The predicted molar refractivity (Wildman–Crippen MR) is 55.9 cm³/mol. The molecule has 0 aromatic heterocycles. The van der Waals surface area contributed by atoms with E-state index in [0.29, 0.717) is 6.04 Å². The number of hydrogen-bond acceptors (Lipinski definition) is 2. The maximum atomic E-state index is 11.7. The van der Waals surface area contributed by atoms with Crippen LogP contribution in [0.2, 0.25) is 0 Å². The van der Waals surface area contributed by atoms with Gasteiger partial charge in [-0.3, -0.25) is 4.79 Å². The van der Waals surface area contributed by atoms with E-state index in [1.165, 1.54) is 5.57 Å². The van der Waals surface area contributed by atoms with Crippen LogP contribution in [0.4, 0.5) is 0 Å². The minimum Gasteiger partial charge on any atom is -0.349 e. The number of rotatable bonds is 2. The highest BCUT2D eigenvalue weighted by Crippen LogP contribution is 2.12. The predicted octanol–water partition coefficient (Wildman–Crippen LogP) is 0.741. The Morgan fingerprint density at radius 2 is 2.07 bits per heavy atom. The summed E-state index contributed by atoms with van der Waals surface area (Å²) >= 11 is 0. The SMILES string of the molecule is CC(C(=O)NC1CC=CC1)=C1CNC1. The first kappa shape index (κ1) is 9.46. The molecule has 76 valence electrons. The Hall–Kier alpha value is -1.09. The van der Waals surface area contributed by atoms with Crippen LogP contribution in [0, 0.1) is 0 Å². The lowest BCUT2D eigenvalue weighted by atomic mass is 10.0. The Morgan fingerprint density at radius 1 is 1.43 bits per heavy atom. The van der Waals surface area contributed by atoms with Crippen molar-refractivity contribution < 1.29 is 4.79 Å². The van der Waals surface area contributed by atoms with Crippen LogP contribution < -0.4 is 10.6 Å². The fourth-order valence-corrected chi connectivity index (χ4v) is 1.70. The number of carbonyl (C=O) groups excluding carboxylic acids is 1. The van der Waals surface area contributed by atoms with Crippen molar-refractivity contribution in [3.63, 3.8) is 0 Å². The molecule has 2 rings (SSSR count). The van der Waals surface area contributed by atoms with E-state index in [2.05, 4.69) is 22.8 Å². The third kappa shape index (κ3) is 1.87. The van der Waals surface area contributed by atoms with Crippen LogP contribution in [0.15, 0.2) is 23.3 Å². The Kier molecular flexibility index (Phi) is 2.68. The molecule has 0 spiro atoms. The van der Waals surface area contributed by atoms with Gasteiger partial charge in [0.25, 0.3) is 0 Å². The molecule has 0 unspecified atom stereocenters. The first-order valence-corrected chi connectivity index (χ1v) is 5.12. The number of carbonyl (C=O) groups is 1. The third-order valence-corrected chi connectivity index (χ3v) is 2.89. The third-order valence-electron chi connectivity index (χ3n) is 2.89. The lowest BCUT2D eigenvalue weighted by Gasteiger charge is -2.22. The van der Waals surface area contributed by atoms with Gasteiger partial charge in [0.1, 0.15) is 0 Å². The Bertz CT molecular complexity index is 290. The lowest BCUT2D eigenvalue weighted by Crippen LogP contribution is -2.39. The molecule has 0 atom stereocenters. The van der Waals surface area contributed by atoms with E-state index in [4.69, 9.17) is 0 Å². The lowest BCUT2D eigenvalue weighted by molar-refractivity contribution is -0.118. The highest BCUT2D eigenvalue weighted by atomic mass is 16.1. The van der Waals surface area contributed by atoms with Gasteiger partial charge in [0.15, 0.2) is 0 Å². The van der Waals surface area contributed by atoms with Crippen molar-refractivity contribution in [3.8, 4) is 0 Å². The van der Waals surface area contributed by atoms with Crippen molar-refractivity contribution >= 4 is 5.91 Å². The maximum absolute atomic E-state index is 11.7. The quantitative estimate of drug-likeness (QED) is 0.500. The molecule has 0 aromatic rings. The largest absolute Gasteiger partial charge is 0.349 e. The van der Waals surface area contributed by atoms with Gasteiger partial charge in [-0.05, 0) is 25.3 Å². The second-order valence-electron chi connectivity index (χ2n) is 3.95. The molecule has 1 amide bonds. The average Bonchev–Trinajstić information content (AvgIpc) is 2.53. The van der Waals surface area contributed by atoms with Gasteiger partial charge in [-0.25, -0.2) is 0 Å². The maximum Gasteiger partial charge on any atom is 0.247 e. The van der Waals surface area contributed by atoms with Gasteiger partial charge in [0.2, 0.25) is 5.91 Å². The zero-order valence-electron chi connectivity index (χ0n) is 8.47. The standard InChI is InChI=1S/C11H16N2O/c1-8(9-6-12-7-9)11(14)13-10-4-2-3-5-10/h2-3,10,12H,4-7H2,1H3,(H,13,14). The summed E-state index contributed by atoms with van der Waals surface area (Å²) in [6, 6.07) is 0.325. The van der Waals surface area contributed by atoms with Crippen LogP contribution in [-0.4, -0.2) is 25.0 Å². The normalized spacial score (nSPS) is 20.8. The van der Waals surface area contributed by atoms with Crippen LogP contribution in [0.1, 0.15) is 19.8 Å². The van der Waals surface area contributed by atoms with Crippen LogP contribution in [0.5, 0.6) is 0 Å². The zero-order chi connectivity index (χ0) is 9.97. The summed E-state index contributed by atoms with van der Waals surface area (Å²) in [4.78, 5) is 11.7. The Balaban J connectivity index is 1.88. The fraction of sp³-hybridized carbons (Fsp3) is 0.545. The monoisotopic (exact) mass is 192 g/mol. The van der Waals surface area contributed by atoms with Gasteiger partial charge in [-0.15, -0.1) is 0 Å². The van der Waals surface area contributed by atoms with Crippen molar-refractivity contribution in [1.82, 2.24) is 10.6 Å². The van der Waals surface area contributed by atoms with Crippen molar-refractivity contribution in [2.24, 2.45) is 0 Å². The molecule has 0 saturated carbocycles. The van der Waals surface area contributed by atoms with Crippen molar-refractivity contribution in [1.29, 1.82) is 0 Å². The molecule has 3 heteroatoms. The molecule has 1 aliphatic heterocycles. The summed E-state index contributed by atoms with van der Waals surface area (Å²) in [5.41, 5.74) is 2.14. The topological polar surface area (TPSA) is 41.1 Å². The summed E-state index contributed by atoms with van der Waals surface area (Å²) in [5, 5.41) is 6.18. The highest BCUT2D eigenvalue weighted by molar-refractivity contribution is 5.94. The summed E-state index contributed by atoms with van der Waals surface area (Å²) < 4.78 is 0. The minimum atomic E-state index is 0.107. The summed E-state index contributed by atoms with van der Waals surface area (Å²) in [7, 11) is 0. The molecule has 2 N–H and O–H groups in total. The molecule has 1 saturated heterocycles. The first-order chi connectivity index (χ1) is 6.77. The van der Waals surface area contributed by atoms with Crippen LogP contribution in [0.25, 0.3) is 0 Å². The first-order valence-electron chi connectivity index (χ1n) is 5.12. The van der Waals surface area contributed by atoms with Gasteiger partial charge in [-0.1, -0.05) is 12.2 Å².